The average Bonchev–Trinajstić information content (AvgIpc) is 2.53. The van der Waals surface area contributed by atoms with Gasteiger partial charge in [-0.05, 0) is 30.2 Å². The minimum Gasteiger partial charge on any atom is -0.374 e. The first-order valence-corrected chi connectivity index (χ1v) is 9.23. The number of morpholine rings is 1. The molecule has 1 atom stereocenters. The Morgan fingerprint density at radius 3 is 2.70 bits per heavy atom. The molecule has 0 radical (unpaired) electrons. The number of hydrogen-bond acceptors (Lipinski definition) is 5. The van der Waals surface area contributed by atoms with Gasteiger partial charge in [0.05, 0.1) is 29.2 Å². The van der Waals surface area contributed by atoms with Gasteiger partial charge in [0.2, 0.25) is 10.0 Å². The first kappa shape index (κ1) is 17.9. The van der Waals surface area contributed by atoms with Crippen LogP contribution < -0.4 is 4.72 Å². The van der Waals surface area contributed by atoms with Crippen molar-refractivity contribution in [3.8, 4) is 6.07 Å². The summed E-state index contributed by atoms with van der Waals surface area (Å²) in [6.45, 7) is 7.80. The molecule has 0 amide bonds. The molecule has 1 unspecified atom stereocenters. The zero-order valence-corrected chi connectivity index (χ0v) is 14.3. The number of nitrogens with one attached hydrogen (secondary N) is 1. The smallest absolute Gasteiger partial charge is 0.240 e. The van der Waals surface area contributed by atoms with E-state index in [1.165, 1.54) is 24.3 Å². The topological polar surface area (TPSA) is 82.4 Å². The number of rotatable bonds is 6. The van der Waals surface area contributed by atoms with Crippen LogP contribution in [-0.2, 0) is 14.8 Å². The Hall–Kier alpha value is -1.46. The predicted molar refractivity (Wildman–Crippen MR) is 87.4 cm³/mol. The Balaban J connectivity index is 1.92. The van der Waals surface area contributed by atoms with E-state index in [1.807, 2.05) is 6.07 Å². The molecule has 1 aliphatic rings. The highest BCUT2D eigenvalue weighted by Crippen LogP contribution is 2.12. The normalized spacial score (nSPS) is 19.7. The second-order valence-corrected chi connectivity index (χ2v) is 7.90. The molecule has 0 bridgehead atoms. The zero-order valence-electron chi connectivity index (χ0n) is 13.5. The summed E-state index contributed by atoms with van der Waals surface area (Å²) in [6.07, 6.45) is -0.143. The van der Waals surface area contributed by atoms with E-state index in [0.717, 1.165) is 19.6 Å². The minimum atomic E-state index is -3.58. The Labute approximate surface area is 138 Å². The molecule has 2 rings (SSSR count). The van der Waals surface area contributed by atoms with Crippen LogP contribution in [0.1, 0.15) is 19.4 Å². The van der Waals surface area contributed by atoms with E-state index in [-0.39, 0.29) is 17.5 Å². The largest absolute Gasteiger partial charge is 0.374 e. The standard InChI is InChI=1S/C16H23N3O3S/c1-13(2)11-19-7-8-22-15(12-19)10-18-23(20,21)16-5-3-14(9-17)4-6-16/h3-6,13,15,18H,7-8,10-12H2,1-2H3. The minimum absolute atomic E-state index is 0.143. The predicted octanol–water partition coefficient (Wildman–Crippen LogP) is 1.19. The third-order valence-corrected chi connectivity index (χ3v) is 5.08. The van der Waals surface area contributed by atoms with E-state index in [4.69, 9.17) is 10.00 Å². The third-order valence-electron chi connectivity index (χ3n) is 3.64. The van der Waals surface area contributed by atoms with Crippen LogP contribution in [-0.4, -0.2) is 52.2 Å². The van der Waals surface area contributed by atoms with Crippen LogP contribution in [0.2, 0.25) is 0 Å². The molecule has 126 valence electrons. The molecule has 1 aromatic rings. The number of benzene rings is 1. The molecule has 0 aromatic heterocycles. The van der Waals surface area contributed by atoms with Crippen LogP contribution in [0.25, 0.3) is 0 Å². The molecule has 6 nitrogen and oxygen atoms in total. The Bertz CT molecular complexity index is 650. The summed E-state index contributed by atoms with van der Waals surface area (Å²) < 4.78 is 32.8. The molecule has 1 N–H and O–H groups in total. The highest BCUT2D eigenvalue weighted by Gasteiger charge is 2.23. The van der Waals surface area contributed by atoms with Crippen LogP contribution in [0.15, 0.2) is 29.2 Å². The molecule has 0 spiro atoms. The summed E-state index contributed by atoms with van der Waals surface area (Å²) >= 11 is 0. The van der Waals surface area contributed by atoms with E-state index >= 15 is 0 Å². The lowest BCUT2D eigenvalue weighted by Crippen LogP contribution is -2.48. The van der Waals surface area contributed by atoms with Gasteiger partial charge < -0.3 is 4.74 Å². The lowest BCUT2D eigenvalue weighted by Gasteiger charge is -2.33. The second kappa shape index (κ2) is 7.88. The van der Waals surface area contributed by atoms with Crippen molar-refractivity contribution in [3.63, 3.8) is 0 Å². The van der Waals surface area contributed by atoms with E-state index < -0.39 is 10.0 Å². The zero-order chi connectivity index (χ0) is 16.9. The molecule has 1 fully saturated rings. The monoisotopic (exact) mass is 337 g/mol. The van der Waals surface area contributed by atoms with Crippen LogP contribution in [0.4, 0.5) is 0 Å². The average molecular weight is 337 g/mol. The van der Waals surface area contributed by atoms with Crippen molar-refractivity contribution in [2.45, 2.75) is 24.8 Å². The number of hydrogen-bond donors (Lipinski definition) is 1. The maximum Gasteiger partial charge on any atom is 0.240 e. The number of nitrogens with zero attached hydrogens (tertiary/aromatic N) is 2. The van der Waals surface area contributed by atoms with Crippen LogP contribution in [0.5, 0.6) is 0 Å². The summed E-state index contributed by atoms with van der Waals surface area (Å²) in [4.78, 5) is 2.46. The Kier molecular flexibility index (Phi) is 6.13. The Morgan fingerprint density at radius 1 is 1.39 bits per heavy atom. The SMILES string of the molecule is CC(C)CN1CCOC(CNS(=O)(=O)c2ccc(C#N)cc2)C1. The summed E-state index contributed by atoms with van der Waals surface area (Å²) in [5.74, 6) is 0.573. The first-order valence-electron chi connectivity index (χ1n) is 7.74. The third kappa shape index (κ3) is 5.29. The highest BCUT2D eigenvalue weighted by molar-refractivity contribution is 7.89. The first-order chi connectivity index (χ1) is 10.9. The van der Waals surface area contributed by atoms with Crippen LogP contribution in [0, 0.1) is 17.2 Å². The van der Waals surface area contributed by atoms with Crippen molar-refractivity contribution in [2.75, 3.05) is 32.8 Å². The van der Waals surface area contributed by atoms with Gasteiger partial charge in [0.25, 0.3) is 0 Å². The van der Waals surface area contributed by atoms with E-state index in [0.29, 0.717) is 18.1 Å². The van der Waals surface area contributed by atoms with E-state index in [2.05, 4.69) is 23.5 Å². The lowest BCUT2D eigenvalue weighted by atomic mass is 10.2. The summed E-state index contributed by atoms with van der Waals surface area (Å²) in [5, 5.41) is 8.76. The van der Waals surface area contributed by atoms with E-state index in [9.17, 15) is 8.42 Å². The fourth-order valence-electron chi connectivity index (χ4n) is 2.58. The van der Waals surface area contributed by atoms with Gasteiger partial charge in [-0.2, -0.15) is 5.26 Å². The molecule has 23 heavy (non-hydrogen) atoms. The lowest BCUT2D eigenvalue weighted by molar-refractivity contribution is -0.0280. The number of sulfonamides is 1. The second-order valence-electron chi connectivity index (χ2n) is 6.13. The molecule has 1 saturated heterocycles. The maximum atomic E-state index is 12.3. The number of nitriles is 1. The van der Waals surface area contributed by atoms with Crippen molar-refractivity contribution in [3.05, 3.63) is 29.8 Å². The summed E-state index contributed by atoms with van der Waals surface area (Å²) in [7, 11) is -3.58. The molecular formula is C16H23N3O3S. The van der Waals surface area contributed by atoms with Crippen molar-refractivity contribution in [1.82, 2.24) is 9.62 Å². The summed E-state index contributed by atoms with van der Waals surface area (Å²) in [5.41, 5.74) is 0.434. The van der Waals surface area contributed by atoms with Gasteiger partial charge in [-0.15, -0.1) is 0 Å². The van der Waals surface area contributed by atoms with Gasteiger partial charge in [0.15, 0.2) is 0 Å². The Morgan fingerprint density at radius 2 is 2.09 bits per heavy atom. The van der Waals surface area contributed by atoms with Crippen molar-refractivity contribution < 1.29 is 13.2 Å². The maximum absolute atomic E-state index is 12.3. The van der Waals surface area contributed by atoms with Gasteiger partial charge in [-0.25, -0.2) is 13.1 Å². The van der Waals surface area contributed by atoms with Crippen molar-refractivity contribution in [1.29, 1.82) is 5.26 Å². The van der Waals surface area contributed by atoms with Gasteiger partial charge in [0, 0.05) is 26.2 Å². The van der Waals surface area contributed by atoms with Crippen LogP contribution in [0.3, 0.4) is 0 Å². The molecule has 1 aromatic carbocycles. The molecule has 1 heterocycles. The van der Waals surface area contributed by atoms with Gasteiger partial charge >= 0.3 is 0 Å². The fraction of sp³-hybridized carbons (Fsp3) is 0.562. The molecule has 7 heteroatoms. The van der Waals surface area contributed by atoms with E-state index in [1.54, 1.807) is 0 Å². The fourth-order valence-corrected chi connectivity index (χ4v) is 3.65. The summed E-state index contributed by atoms with van der Waals surface area (Å²) in [6, 6.07) is 7.84. The van der Waals surface area contributed by atoms with Gasteiger partial charge in [-0.1, -0.05) is 13.8 Å². The molecular weight excluding hydrogens is 314 g/mol. The van der Waals surface area contributed by atoms with Gasteiger partial charge in [-0.3, -0.25) is 4.90 Å². The van der Waals surface area contributed by atoms with Crippen LogP contribution >= 0.6 is 0 Å². The number of ether oxygens (including phenoxy) is 1. The molecule has 1 aliphatic heterocycles. The highest BCUT2D eigenvalue weighted by atomic mass is 32.2. The quantitative estimate of drug-likeness (QED) is 0.843. The van der Waals surface area contributed by atoms with Crippen molar-refractivity contribution >= 4 is 10.0 Å². The van der Waals surface area contributed by atoms with Gasteiger partial charge in [0.1, 0.15) is 0 Å². The molecule has 0 aliphatic carbocycles. The molecule has 0 saturated carbocycles. The van der Waals surface area contributed by atoms with Crippen molar-refractivity contribution in [2.24, 2.45) is 5.92 Å².